The number of carbonyl (C=O) groups is 1. The zero-order valence-corrected chi connectivity index (χ0v) is 9.42. The fraction of sp³-hybridized carbons (Fsp3) is 0.462. The fourth-order valence-electron chi connectivity index (χ4n) is 2.11. The molecule has 4 heteroatoms. The second-order valence-corrected chi connectivity index (χ2v) is 4.31. The normalized spacial score (nSPS) is 16.1. The summed E-state index contributed by atoms with van der Waals surface area (Å²) in [7, 11) is 0. The van der Waals surface area contributed by atoms with Crippen molar-refractivity contribution in [2.45, 2.75) is 25.7 Å². The molecule has 0 atom stereocenters. The maximum Gasteiger partial charge on any atom is 0.173 e. The van der Waals surface area contributed by atoms with Gasteiger partial charge in [0.05, 0.1) is 0 Å². The molecule has 2 rings (SSSR count). The molecule has 92 valence electrons. The molecule has 1 aliphatic carbocycles. The van der Waals surface area contributed by atoms with Crippen molar-refractivity contribution < 1.29 is 18.3 Å². The van der Waals surface area contributed by atoms with Gasteiger partial charge in [-0.25, -0.2) is 8.78 Å². The third kappa shape index (κ3) is 3.02. The van der Waals surface area contributed by atoms with Crippen LogP contribution in [0.15, 0.2) is 18.2 Å². The fourth-order valence-corrected chi connectivity index (χ4v) is 2.11. The summed E-state index contributed by atoms with van der Waals surface area (Å²) in [5.41, 5.74) is 0. The highest BCUT2D eigenvalue weighted by Gasteiger charge is 2.23. The number of rotatable bonds is 4. The van der Waals surface area contributed by atoms with Gasteiger partial charge in [-0.2, -0.15) is 0 Å². The van der Waals surface area contributed by atoms with Crippen LogP contribution >= 0.6 is 0 Å². The molecule has 1 aromatic carbocycles. The third-order valence-electron chi connectivity index (χ3n) is 3.07. The van der Waals surface area contributed by atoms with Gasteiger partial charge in [-0.05, 0) is 25.0 Å². The summed E-state index contributed by atoms with van der Waals surface area (Å²) in [6.07, 6.45) is 3.94. The van der Waals surface area contributed by atoms with Gasteiger partial charge in [-0.15, -0.1) is 0 Å². The Morgan fingerprint density at radius 2 is 2.00 bits per heavy atom. The number of hydrogen-bond donors (Lipinski definition) is 0. The quantitative estimate of drug-likeness (QED) is 0.808. The second kappa shape index (κ2) is 5.25. The van der Waals surface area contributed by atoms with E-state index in [4.69, 9.17) is 4.74 Å². The standard InChI is InChI=1S/C13H14F2O2/c14-10-5-6-13(11(15)7-10)17-8-12(16)9-3-1-2-4-9/h5-7,9H,1-4,8H2. The zero-order valence-electron chi connectivity index (χ0n) is 9.42. The molecule has 1 saturated carbocycles. The minimum absolute atomic E-state index is 0.00576. The summed E-state index contributed by atoms with van der Waals surface area (Å²) in [6.45, 7) is -0.132. The van der Waals surface area contributed by atoms with Gasteiger partial charge < -0.3 is 4.74 Å². The maximum absolute atomic E-state index is 13.2. The van der Waals surface area contributed by atoms with Crippen LogP contribution in [-0.4, -0.2) is 12.4 Å². The van der Waals surface area contributed by atoms with Crippen LogP contribution in [0.5, 0.6) is 5.75 Å². The Hall–Kier alpha value is -1.45. The van der Waals surface area contributed by atoms with Crippen LogP contribution in [0.4, 0.5) is 8.78 Å². The Morgan fingerprint density at radius 3 is 2.65 bits per heavy atom. The van der Waals surface area contributed by atoms with Crippen molar-refractivity contribution >= 4 is 5.78 Å². The number of carbonyl (C=O) groups excluding carboxylic acids is 1. The molecule has 0 aromatic heterocycles. The number of benzene rings is 1. The van der Waals surface area contributed by atoms with Gasteiger partial charge >= 0.3 is 0 Å². The van der Waals surface area contributed by atoms with Crippen molar-refractivity contribution in [2.24, 2.45) is 5.92 Å². The van der Waals surface area contributed by atoms with Crippen molar-refractivity contribution in [2.75, 3.05) is 6.61 Å². The Kier molecular flexibility index (Phi) is 3.71. The average molecular weight is 240 g/mol. The zero-order chi connectivity index (χ0) is 12.3. The average Bonchev–Trinajstić information content (AvgIpc) is 2.81. The lowest BCUT2D eigenvalue weighted by atomic mass is 10.0. The van der Waals surface area contributed by atoms with E-state index in [1.54, 1.807) is 0 Å². The van der Waals surface area contributed by atoms with Crippen LogP contribution < -0.4 is 4.74 Å². The molecule has 0 aliphatic heterocycles. The molecule has 1 aromatic rings. The van der Waals surface area contributed by atoms with Crippen molar-refractivity contribution in [3.05, 3.63) is 29.8 Å². The van der Waals surface area contributed by atoms with Crippen LogP contribution in [0.1, 0.15) is 25.7 Å². The van der Waals surface area contributed by atoms with E-state index >= 15 is 0 Å². The number of halogens is 2. The lowest BCUT2D eigenvalue weighted by molar-refractivity contribution is -0.124. The van der Waals surface area contributed by atoms with Gasteiger partial charge in [-0.3, -0.25) is 4.79 Å². The molecule has 2 nitrogen and oxygen atoms in total. The summed E-state index contributed by atoms with van der Waals surface area (Å²) in [5, 5.41) is 0. The SMILES string of the molecule is O=C(COc1ccc(F)cc1F)C1CCCC1. The Balaban J connectivity index is 1.90. The number of Topliss-reactive ketones (excluding diaryl/α,β-unsaturated/α-hetero) is 1. The summed E-state index contributed by atoms with van der Waals surface area (Å²) < 4.78 is 30.9. The van der Waals surface area contributed by atoms with E-state index in [1.807, 2.05) is 0 Å². The number of ether oxygens (including phenoxy) is 1. The molecule has 0 amide bonds. The summed E-state index contributed by atoms with van der Waals surface area (Å²) in [6, 6.07) is 3.06. The number of ketones is 1. The Labute approximate surface area is 98.6 Å². The van der Waals surface area contributed by atoms with E-state index in [1.165, 1.54) is 6.07 Å². The first kappa shape index (κ1) is 12.0. The van der Waals surface area contributed by atoms with Crippen molar-refractivity contribution in [1.29, 1.82) is 0 Å². The molecule has 0 heterocycles. The molecule has 0 radical (unpaired) electrons. The van der Waals surface area contributed by atoms with Crippen LogP contribution in [0.2, 0.25) is 0 Å². The van der Waals surface area contributed by atoms with Gasteiger partial charge in [-0.1, -0.05) is 12.8 Å². The Bertz CT molecular complexity index is 412. The first-order valence-electron chi connectivity index (χ1n) is 5.77. The van der Waals surface area contributed by atoms with Crippen molar-refractivity contribution in [3.8, 4) is 5.75 Å². The van der Waals surface area contributed by atoms with Crippen molar-refractivity contribution in [3.63, 3.8) is 0 Å². The lowest BCUT2D eigenvalue weighted by Crippen LogP contribution is -2.19. The molecule has 0 unspecified atom stereocenters. The highest BCUT2D eigenvalue weighted by Crippen LogP contribution is 2.26. The van der Waals surface area contributed by atoms with E-state index in [0.717, 1.165) is 37.8 Å². The van der Waals surface area contributed by atoms with Gasteiger partial charge in [0.2, 0.25) is 0 Å². The van der Waals surface area contributed by atoms with Crippen molar-refractivity contribution in [1.82, 2.24) is 0 Å². The van der Waals surface area contributed by atoms with E-state index < -0.39 is 11.6 Å². The largest absolute Gasteiger partial charge is 0.483 e. The molecule has 0 N–H and O–H groups in total. The van der Waals surface area contributed by atoms with Crippen LogP contribution in [0, 0.1) is 17.6 Å². The predicted octanol–water partition coefficient (Wildman–Crippen LogP) is 3.10. The minimum Gasteiger partial charge on any atom is -0.483 e. The molecule has 0 bridgehead atoms. The Morgan fingerprint density at radius 1 is 1.29 bits per heavy atom. The maximum atomic E-state index is 13.2. The topological polar surface area (TPSA) is 26.3 Å². The first-order chi connectivity index (χ1) is 8.16. The molecular weight excluding hydrogens is 226 g/mol. The molecular formula is C13H14F2O2. The highest BCUT2D eigenvalue weighted by atomic mass is 19.1. The van der Waals surface area contributed by atoms with E-state index in [0.29, 0.717) is 0 Å². The van der Waals surface area contributed by atoms with Gasteiger partial charge in [0, 0.05) is 12.0 Å². The van der Waals surface area contributed by atoms with E-state index in [9.17, 15) is 13.6 Å². The second-order valence-electron chi connectivity index (χ2n) is 4.31. The molecule has 0 spiro atoms. The highest BCUT2D eigenvalue weighted by molar-refractivity contribution is 5.82. The summed E-state index contributed by atoms with van der Waals surface area (Å²) in [4.78, 5) is 11.7. The van der Waals surface area contributed by atoms with Crippen LogP contribution in [0.3, 0.4) is 0 Å². The molecule has 0 saturated heterocycles. The predicted molar refractivity (Wildman–Crippen MR) is 58.8 cm³/mol. The first-order valence-corrected chi connectivity index (χ1v) is 5.77. The number of hydrogen-bond acceptors (Lipinski definition) is 2. The summed E-state index contributed by atoms with van der Waals surface area (Å²) in [5.74, 6) is -1.44. The lowest BCUT2D eigenvalue weighted by Gasteiger charge is -2.10. The van der Waals surface area contributed by atoms with Gasteiger partial charge in [0.15, 0.2) is 17.3 Å². The summed E-state index contributed by atoms with van der Waals surface area (Å²) >= 11 is 0. The monoisotopic (exact) mass is 240 g/mol. The van der Waals surface area contributed by atoms with E-state index in [2.05, 4.69) is 0 Å². The van der Waals surface area contributed by atoms with E-state index in [-0.39, 0.29) is 24.1 Å². The van der Waals surface area contributed by atoms with Gasteiger partial charge in [0.25, 0.3) is 0 Å². The van der Waals surface area contributed by atoms with Gasteiger partial charge in [0.1, 0.15) is 12.4 Å². The molecule has 1 aliphatic rings. The van der Waals surface area contributed by atoms with Crippen LogP contribution in [0.25, 0.3) is 0 Å². The smallest absolute Gasteiger partial charge is 0.173 e. The minimum atomic E-state index is -0.774. The third-order valence-corrected chi connectivity index (χ3v) is 3.07. The van der Waals surface area contributed by atoms with Crippen LogP contribution in [-0.2, 0) is 4.79 Å². The molecule has 1 fully saturated rings. The molecule has 17 heavy (non-hydrogen) atoms.